The van der Waals surface area contributed by atoms with Gasteiger partial charge in [0.1, 0.15) is 0 Å². The van der Waals surface area contributed by atoms with E-state index in [1.165, 1.54) is 17.2 Å². The maximum atomic E-state index is 4.22. The Labute approximate surface area is 80.4 Å². The molecule has 0 bridgehead atoms. The van der Waals surface area contributed by atoms with Crippen LogP contribution >= 0.6 is 11.5 Å². The van der Waals surface area contributed by atoms with Crippen molar-refractivity contribution >= 4 is 11.5 Å². The Bertz CT molecular complexity index is 390. The Morgan fingerprint density at radius 3 is 2.85 bits per heavy atom. The van der Waals surface area contributed by atoms with E-state index in [0.717, 1.165) is 17.1 Å². The fourth-order valence-electron chi connectivity index (χ4n) is 1.13. The lowest BCUT2D eigenvalue weighted by Gasteiger charge is -2.01. The minimum atomic E-state index is 0.824. The first kappa shape index (κ1) is 8.37. The van der Waals surface area contributed by atoms with Gasteiger partial charge in [-0.2, -0.15) is 0 Å². The summed E-state index contributed by atoms with van der Waals surface area (Å²) in [6.07, 6.45) is 3.64. The molecule has 13 heavy (non-hydrogen) atoms. The molecule has 0 aliphatic rings. The smallest absolute Gasteiger partial charge is 0.0954 e. The van der Waals surface area contributed by atoms with Crippen LogP contribution in [0.3, 0.4) is 0 Å². The van der Waals surface area contributed by atoms with Crippen LogP contribution in [-0.4, -0.2) is 19.1 Å². The molecule has 2 rings (SSSR count). The number of hydrogen-bond donors (Lipinski definition) is 0. The summed E-state index contributed by atoms with van der Waals surface area (Å²) in [6, 6.07) is 0. The Kier molecular flexibility index (Phi) is 2.10. The second-order valence-corrected chi connectivity index (χ2v) is 3.80. The third kappa shape index (κ3) is 1.60. The SMILES string of the molecule is Cc1ncn(Cc2cnns2)c1C. The largest absolute Gasteiger partial charge is 0.329 e. The summed E-state index contributed by atoms with van der Waals surface area (Å²) >= 11 is 1.43. The highest BCUT2D eigenvalue weighted by molar-refractivity contribution is 7.05. The molecule has 0 atom stereocenters. The fourth-order valence-corrected chi connectivity index (χ4v) is 1.62. The molecule has 2 aromatic rings. The third-order valence-electron chi connectivity index (χ3n) is 2.08. The van der Waals surface area contributed by atoms with Gasteiger partial charge < -0.3 is 4.57 Å². The number of nitrogens with zero attached hydrogens (tertiary/aromatic N) is 4. The van der Waals surface area contributed by atoms with Gasteiger partial charge in [-0.3, -0.25) is 0 Å². The molecule has 5 heteroatoms. The first-order chi connectivity index (χ1) is 6.27. The van der Waals surface area contributed by atoms with Crippen LogP contribution in [0.25, 0.3) is 0 Å². The van der Waals surface area contributed by atoms with Crippen molar-refractivity contribution in [1.29, 1.82) is 0 Å². The highest BCUT2D eigenvalue weighted by Crippen LogP contribution is 2.09. The molecule has 0 aliphatic carbocycles. The Hall–Kier alpha value is -1.23. The zero-order valence-electron chi connectivity index (χ0n) is 7.56. The molecule has 2 heterocycles. The molecule has 0 aliphatic heterocycles. The van der Waals surface area contributed by atoms with Crippen molar-refractivity contribution < 1.29 is 0 Å². The quantitative estimate of drug-likeness (QED) is 0.725. The summed E-state index contributed by atoms with van der Waals surface area (Å²) in [5, 5.41) is 3.79. The van der Waals surface area contributed by atoms with Crippen LogP contribution in [0.4, 0.5) is 0 Å². The van der Waals surface area contributed by atoms with Crippen molar-refractivity contribution in [1.82, 2.24) is 19.1 Å². The normalized spacial score (nSPS) is 10.6. The number of aromatic nitrogens is 4. The van der Waals surface area contributed by atoms with Crippen molar-refractivity contribution in [2.75, 3.05) is 0 Å². The zero-order valence-corrected chi connectivity index (χ0v) is 8.38. The lowest BCUT2D eigenvalue weighted by atomic mass is 10.4. The van der Waals surface area contributed by atoms with Crippen LogP contribution in [0.2, 0.25) is 0 Å². The number of imidazole rings is 1. The maximum absolute atomic E-state index is 4.22. The van der Waals surface area contributed by atoms with Crippen molar-refractivity contribution in [2.45, 2.75) is 20.4 Å². The molecule has 0 saturated heterocycles. The number of rotatable bonds is 2. The Balaban J connectivity index is 2.24. The van der Waals surface area contributed by atoms with E-state index < -0.39 is 0 Å². The predicted molar refractivity (Wildman–Crippen MR) is 50.7 cm³/mol. The average molecular weight is 194 g/mol. The molecular formula is C8H10N4S. The lowest BCUT2D eigenvalue weighted by Crippen LogP contribution is -1.98. The number of hydrogen-bond acceptors (Lipinski definition) is 4. The van der Waals surface area contributed by atoms with Gasteiger partial charge in [0.2, 0.25) is 0 Å². The van der Waals surface area contributed by atoms with Gasteiger partial charge in [0.15, 0.2) is 0 Å². The molecule has 0 spiro atoms. The highest BCUT2D eigenvalue weighted by Gasteiger charge is 2.03. The van der Waals surface area contributed by atoms with E-state index >= 15 is 0 Å². The summed E-state index contributed by atoms with van der Waals surface area (Å²) in [5.41, 5.74) is 2.28. The van der Waals surface area contributed by atoms with E-state index in [9.17, 15) is 0 Å². The molecule has 4 nitrogen and oxygen atoms in total. The topological polar surface area (TPSA) is 43.6 Å². The van der Waals surface area contributed by atoms with E-state index in [0.29, 0.717) is 0 Å². The van der Waals surface area contributed by atoms with E-state index in [1.54, 1.807) is 6.20 Å². The molecule has 0 fully saturated rings. The standard InChI is InChI=1S/C8H10N4S/c1-6-7(2)12(5-9-6)4-8-3-10-11-13-8/h3,5H,4H2,1-2H3. The van der Waals surface area contributed by atoms with E-state index in [1.807, 2.05) is 13.3 Å². The van der Waals surface area contributed by atoms with Crippen molar-refractivity contribution in [3.05, 3.63) is 28.8 Å². The van der Waals surface area contributed by atoms with Gasteiger partial charge in [-0.05, 0) is 25.4 Å². The average Bonchev–Trinajstić information content (AvgIpc) is 2.71. The molecular weight excluding hydrogens is 184 g/mol. The molecule has 0 amide bonds. The van der Waals surface area contributed by atoms with Gasteiger partial charge in [-0.15, -0.1) is 5.10 Å². The monoisotopic (exact) mass is 194 g/mol. The minimum Gasteiger partial charge on any atom is -0.329 e. The lowest BCUT2D eigenvalue weighted by molar-refractivity contribution is 0.778. The molecule has 0 saturated carbocycles. The fraction of sp³-hybridized carbons (Fsp3) is 0.375. The van der Waals surface area contributed by atoms with Gasteiger partial charge in [-0.25, -0.2) is 4.98 Å². The summed E-state index contributed by atoms with van der Waals surface area (Å²) in [5.74, 6) is 0. The molecule has 68 valence electrons. The van der Waals surface area contributed by atoms with E-state index in [-0.39, 0.29) is 0 Å². The number of aryl methyl sites for hydroxylation is 1. The highest BCUT2D eigenvalue weighted by atomic mass is 32.1. The van der Waals surface area contributed by atoms with Crippen molar-refractivity contribution in [3.63, 3.8) is 0 Å². The summed E-state index contributed by atoms with van der Waals surface area (Å²) in [4.78, 5) is 5.38. The maximum Gasteiger partial charge on any atom is 0.0954 e. The van der Waals surface area contributed by atoms with Crippen LogP contribution in [0, 0.1) is 13.8 Å². The molecule has 2 aromatic heterocycles. The molecule has 0 radical (unpaired) electrons. The van der Waals surface area contributed by atoms with Gasteiger partial charge in [-0.1, -0.05) is 4.49 Å². The first-order valence-electron chi connectivity index (χ1n) is 4.02. The van der Waals surface area contributed by atoms with Crippen LogP contribution < -0.4 is 0 Å². The minimum absolute atomic E-state index is 0.824. The Morgan fingerprint density at radius 2 is 2.31 bits per heavy atom. The van der Waals surface area contributed by atoms with Gasteiger partial charge >= 0.3 is 0 Å². The van der Waals surface area contributed by atoms with Crippen LogP contribution in [0.5, 0.6) is 0 Å². The molecule has 0 N–H and O–H groups in total. The summed E-state index contributed by atoms with van der Waals surface area (Å²) < 4.78 is 5.91. The van der Waals surface area contributed by atoms with Crippen LogP contribution in [0.15, 0.2) is 12.5 Å². The second kappa shape index (κ2) is 3.26. The van der Waals surface area contributed by atoms with E-state index in [4.69, 9.17) is 0 Å². The second-order valence-electron chi connectivity index (χ2n) is 2.93. The third-order valence-corrected chi connectivity index (χ3v) is 2.72. The van der Waals surface area contributed by atoms with Gasteiger partial charge in [0, 0.05) is 5.69 Å². The van der Waals surface area contributed by atoms with E-state index in [2.05, 4.69) is 26.1 Å². The van der Waals surface area contributed by atoms with Crippen LogP contribution in [0.1, 0.15) is 16.3 Å². The summed E-state index contributed by atoms with van der Waals surface area (Å²) in [7, 11) is 0. The van der Waals surface area contributed by atoms with Gasteiger partial charge in [0.25, 0.3) is 0 Å². The molecule has 0 aromatic carbocycles. The van der Waals surface area contributed by atoms with Crippen LogP contribution in [-0.2, 0) is 6.54 Å². The Morgan fingerprint density at radius 1 is 1.46 bits per heavy atom. The predicted octanol–water partition coefficient (Wildman–Crippen LogP) is 1.40. The van der Waals surface area contributed by atoms with Crippen molar-refractivity contribution in [2.24, 2.45) is 0 Å². The molecule has 0 unspecified atom stereocenters. The zero-order chi connectivity index (χ0) is 9.26. The van der Waals surface area contributed by atoms with Gasteiger partial charge in [0.05, 0.1) is 29.6 Å². The van der Waals surface area contributed by atoms with Crippen molar-refractivity contribution in [3.8, 4) is 0 Å². The summed E-state index contributed by atoms with van der Waals surface area (Å²) in [6.45, 7) is 4.90. The first-order valence-corrected chi connectivity index (χ1v) is 4.79.